The SMILES string of the molecule is O=C(N[C@@H](Cc1ccc2ccccc2c1)C(=O)O)C1CC1. The number of rotatable bonds is 5. The van der Waals surface area contributed by atoms with Crippen molar-refractivity contribution < 1.29 is 14.7 Å². The molecular formula is C17H17NO3. The van der Waals surface area contributed by atoms with Gasteiger partial charge >= 0.3 is 5.97 Å². The van der Waals surface area contributed by atoms with Gasteiger partial charge in [0.2, 0.25) is 5.91 Å². The largest absolute Gasteiger partial charge is 0.480 e. The number of aliphatic carboxylic acids is 1. The summed E-state index contributed by atoms with van der Waals surface area (Å²) in [4.78, 5) is 23.1. The molecule has 1 amide bonds. The first-order valence-corrected chi connectivity index (χ1v) is 7.14. The predicted molar refractivity (Wildman–Crippen MR) is 79.9 cm³/mol. The zero-order chi connectivity index (χ0) is 14.8. The molecular weight excluding hydrogens is 266 g/mol. The van der Waals surface area contributed by atoms with Crippen molar-refractivity contribution in [3.05, 3.63) is 48.0 Å². The second-order valence-electron chi connectivity index (χ2n) is 5.56. The molecule has 2 aromatic rings. The topological polar surface area (TPSA) is 66.4 Å². The third-order valence-corrected chi connectivity index (χ3v) is 3.82. The molecule has 108 valence electrons. The van der Waals surface area contributed by atoms with Gasteiger partial charge in [-0.15, -0.1) is 0 Å². The van der Waals surface area contributed by atoms with Crippen molar-refractivity contribution in [2.75, 3.05) is 0 Å². The lowest BCUT2D eigenvalue weighted by Crippen LogP contribution is -2.43. The van der Waals surface area contributed by atoms with Gasteiger partial charge in [0.1, 0.15) is 6.04 Å². The number of hydrogen-bond donors (Lipinski definition) is 2. The molecule has 1 aliphatic carbocycles. The number of carbonyl (C=O) groups is 2. The number of carbonyl (C=O) groups excluding carboxylic acids is 1. The van der Waals surface area contributed by atoms with E-state index < -0.39 is 12.0 Å². The first kappa shape index (κ1) is 13.6. The van der Waals surface area contributed by atoms with Crippen LogP contribution in [0.4, 0.5) is 0 Å². The van der Waals surface area contributed by atoms with Crippen LogP contribution in [0.3, 0.4) is 0 Å². The van der Waals surface area contributed by atoms with Gasteiger partial charge in [-0.1, -0.05) is 42.5 Å². The third-order valence-electron chi connectivity index (χ3n) is 3.82. The van der Waals surface area contributed by atoms with Crippen LogP contribution in [0.5, 0.6) is 0 Å². The highest BCUT2D eigenvalue weighted by Gasteiger charge is 2.32. The summed E-state index contributed by atoms with van der Waals surface area (Å²) in [6, 6.07) is 13.0. The smallest absolute Gasteiger partial charge is 0.326 e. The van der Waals surface area contributed by atoms with Gasteiger partial charge in [-0.25, -0.2) is 4.79 Å². The Balaban J connectivity index is 1.76. The molecule has 0 radical (unpaired) electrons. The van der Waals surface area contributed by atoms with Gasteiger partial charge in [0.25, 0.3) is 0 Å². The molecule has 0 saturated heterocycles. The molecule has 0 spiro atoms. The van der Waals surface area contributed by atoms with Crippen molar-refractivity contribution in [3.8, 4) is 0 Å². The van der Waals surface area contributed by atoms with Crippen LogP contribution in [0.15, 0.2) is 42.5 Å². The Kier molecular flexibility index (Phi) is 3.60. The molecule has 2 N–H and O–H groups in total. The summed E-state index contributed by atoms with van der Waals surface area (Å²) in [6.07, 6.45) is 2.04. The van der Waals surface area contributed by atoms with Gasteiger partial charge in [0, 0.05) is 12.3 Å². The number of benzene rings is 2. The molecule has 3 rings (SSSR count). The highest BCUT2D eigenvalue weighted by Crippen LogP contribution is 2.29. The molecule has 0 heterocycles. The minimum absolute atomic E-state index is 0.0171. The Bertz CT molecular complexity index is 691. The summed E-state index contributed by atoms with van der Waals surface area (Å²) < 4.78 is 0. The highest BCUT2D eigenvalue weighted by molar-refractivity contribution is 5.87. The van der Waals surface area contributed by atoms with Crippen molar-refractivity contribution in [2.45, 2.75) is 25.3 Å². The lowest BCUT2D eigenvalue weighted by Gasteiger charge is -2.15. The van der Waals surface area contributed by atoms with Crippen LogP contribution >= 0.6 is 0 Å². The van der Waals surface area contributed by atoms with Crippen molar-refractivity contribution in [1.29, 1.82) is 0 Å². The number of hydrogen-bond acceptors (Lipinski definition) is 2. The standard InChI is InChI=1S/C17H17NO3/c19-16(13-7-8-13)18-15(17(20)21)10-11-5-6-12-3-1-2-4-14(12)9-11/h1-6,9,13,15H,7-8,10H2,(H,18,19)(H,20,21)/t15-/m0/s1. The van der Waals surface area contributed by atoms with E-state index in [1.807, 2.05) is 42.5 Å². The molecule has 1 aliphatic rings. The fourth-order valence-corrected chi connectivity index (χ4v) is 2.44. The van der Waals surface area contributed by atoms with Crippen LogP contribution in [0.2, 0.25) is 0 Å². The average molecular weight is 283 g/mol. The number of fused-ring (bicyclic) bond motifs is 1. The van der Waals surface area contributed by atoms with Gasteiger partial charge in [-0.2, -0.15) is 0 Å². The van der Waals surface area contributed by atoms with Gasteiger partial charge < -0.3 is 10.4 Å². The van der Waals surface area contributed by atoms with E-state index in [0.29, 0.717) is 6.42 Å². The Morgan fingerprint density at radius 3 is 2.52 bits per heavy atom. The number of amides is 1. The van der Waals surface area contributed by atoms with E-state index in [1.54, 1.807) is 0 Å². The maximum absolute atomic E-state index is 11.7. The molecule has 0 bridgehead atoms. The Morgan fingerprint density at radius 1 is 1.14 bits per heavy atom. The Hall–Kier alpha value is -2.36. The fraction of sp³-hybridized carbons (Fsp3) is 0.294. The minimum atomic E-state index is -0.989. The number of nitrogens with one attached hydrogen (secondary N) is 1. The lowest BCUT2D eigenvalue weighted by molar-refractivity contribution is -0.142. The summed E-state index contributed by atoms with van der Waals surface area (Å²) in [5, 5.41) is 14.1. The summed E-state index contributed by atoms with van der Waals surface area (Å²) in [5.41, 5.74) is 0.914. The zero-order valence-corrected chi connectivity index (χ0v) is 11.6. The van der Waals surface area contributed by atoms with Crippen molar-refractivity contribution in [2.24, 2.45) is 5.92 Å². The van der Waals surface area contributed by atoms with Crippen LogP contribution in [0.25, 0.3) is 10.8 Å². The predicted octanol–water partition coefficient (Wildman–Crippen LogP) is 2.36. The zero-order valence-electron chi connectivity index (χ0n) is 11.6. The molecule has 1 saturated carbocycles. The second kappa shape index (κ2) is 5.56. The molecule has 4 heteroatoms. The van der Waals surface area contributed by atoms with E-state index in [2.05, 4.69) is 5.32 Å². The quantitative estimate of drug-likeness (QED) is 0.885. The summed E-state index contributed by atoms with van der Waals surface area (Å²) >= 11 is 0. The second-order valence-corrected chi connectivity index (χ2v) is 5.56. The molecule has 1 atom stereocenters. The molecule has 4 nitrogen and oxygen atoms in total. The van der Waals surface area contributed by atoms with E-state index in [4.69, 9.17) is 0 Å². The van der Waals surface area contributed by atoms with E-state index in [9.17, 15) is 14.7 Å². The van der Waals surface area contributed by atoms with Crippen LogP contribution in [-0.4, -0.2) is 23.0 Å². The maximum atomic E-state index is 11.7. The Labute approximate surface area is 122 Å². The van der Waals surface area contributed by atoms with E-state index in [-0.39, 0.29) is 11.8 Å². The maximum Gasteiger partial charge on any atom is 0.326 e. The van der Waals surface area contributed by atoms with Crippen molar-refractivity contribution in [1.82, 2.24) is 5.32 Å². The van der Waals surface area contributed by atoms with E-state index >= 15 is 0 Å². The third kappa shape index (κ3) is 3.21. The van der Waals surface area contributed by atoms with Crippen LogP contribution < -0.4 is 5.32 Å². The van der Waals surface area contributed by atoms with Gasteiger partial charge in [-0.3, -0.25) is 4.79 Å². The average Bonchev–Trinajstić information content (AvgIpc) is 3.31. The Morgan fingerprint density at radius 2 is 1.86 bits per heavy atom. The van der Waals surface area contributed by atoms with Gasteiger partial charge in [0.15, 0.2) is 0 Å². The normalized spacial score (nSPS) is 15.6. The molecule has 21 heavy (non-hydrogen) atoms. The number of carboxylic acid groups (broad SMARTS) is 1. The van der Waals surface area contributed by atoms with Gasteiger partial charge in [-0.05, 0) is 29.2 Å². The molecule has 0 unspecified atom stereocenters. The lowest BCUT2D eigenvalue weighted by atomic mass is 10.0. The highest BCUT2D eigenvalue weighted by atomic mass is 16.4. The van der Waals surface area contributed by atoms with E-state index in [1.165, 1.54) is 0 Å². The number of carboxylic acids is 1. The monoisotopic (exact) mass is 283 g/mol. The molecule has 2 aromatic carbocycles. The first-order valence-electron chi connectivity index (χ1n) is 7.14. The summed E-state index contributed by atoms with van der Waals surface area (Å²) in [6.45, 7) is 0. The van der Waals surface area contributed by atoms with Gasteiger partial charge in [0.05, 0.1) is 0 Å². The van der Waals surface area contributed by atoms with Crippen molar-refractivity contribution in [3.63, 3.8) is 0 Å². The van der Waals surface area contributed by atoms with Crippen LogP contribution in [0.1, 0.15) is 18.4 Å². The first-order chi connectivity index (χ1) is 10.1. The molecule has 1 fully saturated rings. The van der Waals surface area contributed by atoms with E-state index in [0.717, 1.165) is 29.2 Å². The van der Waals surface area contributed by atoms with Crippen molar-refractivity contribution >= 4 is 22.6 Å². The summed E-state index contributed by atoms with van der Waals surface area (Å²) in [5.74, 6) is -1.11. The van der Waals surface area contributed by atoms with Crippen LogP contribution in [-0.2, 0) is 16.0 Å². The fourth-order valence-electron chi connectivity index (χ4n) is 2.44. The van der Waals surface area contributed by atoms with Crippen LogP contribution in [0, 0.1) is 5.92 Å². The molecule has 0 aliphatic heterocycles. The summed E-state index contributed by atoms with van der Waals surface area (Å²) in [7, 11) is 0. The minimum Gasteiger partial charge on any atom is -0.480 e. The molecule has 0 aromatic heterocycles.